The molecule has 2 aromatic rings. The molecule has 0 radical (unpaired) electrons. The zero-order chi connectivity index (χ0) is 11.5. The molecule has 0 atom stereocenters. The third-order valence-electron chi connectivity index (χ3n) is 2.18. The Morgan fingerprint density at radius 2 is 2.31 bits per heavy atom. The second kappa shape index (κ2) is 4.32. The van der Waals surface area contributed by atoms with Crippen molar-refractivity contribution in [3.8, 4) is 11.5 Å². The topological polar surface area (TPSA) is 68.3 Å². The fourth-order valence-electron chi connectivity index (χ4n) is 1.44. The van der Waals surface area contributed by atoms with E-state index in [2.05, 4.69) is 5.10 Å². The van der Waals surface area contributed by atoms with Crippen LogP contribution in [0.15, 0.2) is 33.5 Å². The summed E-state index contributed by atoms with van der Waals surface area (Å²) in [4.78, 5) is 11.3. The van der Waals surface area contributed by atoms with Crippen molar-refractivity contribution in [3.63, 3.8) is 0 Å². The van der Waals surface area contributed by atoms with Crippen molar-refractivity contribution in [2.45, 2.75) is 13.5 Å². The van der Waals surface area contributed by atoms with Gasteiger partial charge in [-0.3, -0.25) is 0 Å². The summed E-state index contributed by atoms with van der Waals surface area (Å²) in [6.45, 7) is 1.96. The minimum absolute atomic E-state index is 0.139. The van der Waals surface area contributed by atoms with Crippen LogP contribution in [0.25, 0.3) is 11.5 Å². The Bertz CT molecular complexity index is 542. The van der Waals surface area contributed by atoms with Crippen LogP contribution in [0.2, 0.25) is 0 Å². The van der Waals surface area contributed by atoms with Crippen LogP contribution in [0.3, 0.4) is 0 Å². The summed E-state index contributed by atoms with van der Waals surface area (Å²) < 4.78 is 6.10. The van der Waals surface area contributed by atoms with Crippen LogP contribution < -0.4 is 5.76 Å². The smallest absolute Gasteiger partial charge is 0.394 e. The first kappa shape index (κ1) is 10.6. The summed E-state index contributed by atoms with van der Waals surface area (Å²) in [5.74, 6) is -0.271. The van der Waals surface area contributed by atoms with Gasteiger partial charge >= 0.3 is 5.76 Å². The van der Waals surface area contributed by atoms with E-state index in [1.165, 1.54) is 0 Å². The Labute approximate surface area is 92.0 Å². The first-order valence-electron chi connectivity index (χ1n) is 4.96. The maximum atomic E-state index is 11.3. The molecule has 2 rings (SSSR count). The van der Waals surface area contributed by atoms with Gasteiger partial charge < -0.3 is 9.52 Å². The van der Waals surface area contributed by atoms with Gasteiger partial charge in [0.2, 0.25) is 5.89 Å². The highest BCUT2D eigenvalue weighted by Gasteiger charge is 2.09. The second-order valence-electron chi connectivity index (χ2n) is 3.49. The van der Waals surface area contributed by atoms with Crippen LogP contribution >= 0.6 is 0 Å². The molecule has 0 unspecified atom stereocenters. The molecular weight excluding hydrogens is 208 g/mol. The summed E-state index contributed by atoms with van der Waals surface area (Å²) in [6.07, 6.45) is 0. The van der Waals surface area contributed by atoms with Gasteiger partial charge in [-0.1, -0.05) is 17.7 Å². The molecule has 1 heterocycles. The molecule has 0 spiro atoms. The van der Waals surface area contributed by atoms with Gasteiger partial charge in [0.05, 0.1) is 13.2 Å². The van der Waals surface area contributed by atoms with Gasteiger partial charge in [-0.25, -0.2) is 4.79 Å². The highest BCUT2D eigenvalue weighted by atomic mass is 16.4. The Morgan fingerprint density at radius 3 is 3.00 bits per heavy atom. The normalized spacial score (nSPS) is 10.6. The number of nitrogens with zero attached hydrogens (tertiary/aromatic N) is 2. The van der Waals surface area contributed by atoms with Gasteiger partial charge in [-0.15, -0.1) is 5.10 Å². The average Bonchev–Trinajstić information content (AvgIpc) is 2.61. The van der Waals surface area contributed by atoms with E-state index in [0.717, 1.165) is 15.8 Å². The molecule has 0 bridgehead atoms. The zero-order valence-electron chi connectivity index (χ0n) is 8.88. The van der Waals surface area contributed by atoms with Crippen molar-refractivity contribution in [2.24, 2.45) is 0 Å². The predicted octanol–water partition coefficient (Wildman–Crippen LogP) is 0.804. The third-order valence-corrected chi connectivity index (χ3v) is 2.18. The van der Waals surface area contributed by atoms with E-state index in [9.17, 15) is 4.79 Å². The van der Waals surface area contributed by atoms with Gasteiger partial charge in [0.15, 0.2) is 0 Å². The number of hydrogen-bond acceptors (Lipinski definition) is 4. The lowest BCUT2D eigenvalue weighted by atomic mass is 10.1. The lowest BCUT2D eigenvalue weighted by Gasteiger charge is -1.95. The monoisotopic (exact) mass is 220 g/mol. The van der Waals surface area contributed by atoms with E-state index in [1.807, 2.05) is 31.2 Å². The molecular formula is C11H12N2O3. The maximum Gasteiger partial charge on any atom is 0.437 e. The van der Waals surface area contributed by atoms with Crippen molar-refractivity contribution >= 4 is 0 Å². The summed E-state index contributed by atoms with van der Waals surface area (Å²) in [6, 6.07) is 7.53. The van der Waals surface area contributed by atoms with Crippen molar-refractivity contribution in [1.29, 1.82) is 0 Å². The molecule has 1 aromatic carbocycles. The number of aromatic nitrogens is 2. The van der Waals surface area contributed by atoms with E-state index in [0.29, 0.717) is 0 Å². The number of aliphatic hydroxyl groups excluding tert-OH is 1. The molecule has 0 amide bonds. The first-order chi connectivity index (χ1) is 7.70. The lowest BCUT2D eigenvalue weighted by Crippen LogP contribution is -2.17. The molecule has 0 saturated heterocycles. The Morgan fingerprint density at radius 1 is 1.50 bits per heavy atom. The predicted molar refractivity (Wildman–Crippen MR) is 58.0 cm³/mol. The van der Waals surface area contributed by atoms with Crippen LogP contribution in [-0.2, 0) is 6.54 Å². The van der Waals surface area contributed by atoms with E-state index in [4.69, 9.17) is 9.52 Å². The molecule has 0 aliphatic carbocycles. The number of hydrogen-bond donors (Lipinski definition) is 1. The van der Waals surface area contributed by atoms with Crippen LogP contribution in [-0.4, -0.2) is 21.5 Å². The van der Waals surface area contributed by atoms with Gasteiger partial charge in [0, 0.05) is 5.56 Å². The molecule has 0 aliphatic heterocycles. The van der Waals surface area contributed by atoms with Crippen molar-refractivity contribution in [1.82, 2.24) is 9.78 Å². The molecule has 5 heteroatoms. The Kier molecular flexibility index (Phi) is 2.87. The van der Waals surface area contributed by atoms with Gasteiger partial charge in [0.25, 0.3) is 0 Å². The van der Waals surface area contributed by atoms with E-state index >= 15 is 0 Å². The average molecular weight is 220 g/mol. The van der Waals surface area contributed by atoms with Gasteiger partial charge in [-0.2, -0.15) is 4.68 Å². The molecule has 84 valence electrons. The van der Waals surface area contributed by atoms with Crippen LogP contribution in [0.1, 0.15) is 5.56 Å². The second-order valence-corrected chi connectivity index (χ2v) is 3.49. The molecule has 1 aromatic heterocycles. The number of aryl methyl sites for hydroxylation is 1. The van der Waals surface area contributed by atoms with E-state index < -0.39 is 5.76 Å². The summed E-state index contributed by atoms with van der Waals surface area (Å²) in [5, 5.41) is 12.7. The van der Waals surface area contributed by atoms with Crippen LogP contribution in [0.5, 0.6) is 0 Å². The summed E-state index contributed by atoms with van der Waals surface area (Å²) in [7, 11) is 0. The first-order valence-corrected chi connectivity index (χ1v) is 4.96. The summed E-state index contributed by atoms with van der Waals surface area (Å²) >= 11 is 0. The highest BCUT2D eigenvalue weighted by Crippen LogP contribution is 2.16. The summed E-state index contributed by atoms with van der Waals surface area (Å²) in [5.41, 5.74) is 1.82. The third kappa shape index (κ3) is 2.04. The number of rotatable bonds is 3. The molecule has 1 N–H and O–H groups in total. The zero-order valence-corrected chi connectivity index (χ0v) is 8.88. The fraction of sp³-hybridized carbons (Fsp3) is 0.273. The van der Waals surface area contributed by atoms with Crippen LogP contribution in [0, 0.1) is 6.92 Å². The Hall–Kier alpha value is -1.88. The molecule has 0 saturated carbocycles. The lowest BCUT2D eigenvalue weighted by molar-refractivity contribution is 0.264. The SMILES string of the molecule is Cc1cccc(-c2nn(CCO)c(=O)o2)c1. The van der Waals surface area contributed by atoms with Crippen LogP contribution in [0.4, 0.5) is 0 Å². The van der Waals surface area contributed by atoms with Gasteiger partial charge in [0.1, 0.15) is 0 Å². The van der Waals surface area contributed by atoms with Crippen molar-refractivity contribution in [3.05, 3.63) is 40.4 Å². The number of aliphatic hydroxyl groups is 1. The minimum Gasteiger partial charge on any atom is -0.394 e. The number of benzene rings is 1. The van der Waals surface area contributed by atoms with Crippen molar-refractivity contribution in [2.75, 3.05) is 6.61 Å². The minimum atomic E-state index is -0.550. The largest absolute Gasteiger partial charge is 0.437 e. The molecule has 5 nitrogen and oxygen atoms in total. The van der Waals surface area contributed by atoms with Gasteiger partial charge in [-0.05, 0) is 19.1 Å². The van der Waals surface area contributed by atoms with E-state index in [1.54, 1.807) is 0 Å². The molecule has 0 aliphatic rings. The Balaban J connectivity index is 2.41. The standard InChI is InChI=1S/C11H12N2O3/c1-8-3-2-4-9(7-8)10-12-13(5-6-14)11(15)16-10/h2-4,7,14H,5-6H2,1H3. The quantitative estimate of drug-likeness (QED) is 0.830. The fourth-order valence-corrected chi connectivity index (χ4v) is 1.44. The highest BCUT2D eigenvalue weighted by molar-refractivity contribution is 5.53. The molecule has 0 fully saturated rings. The van der Waals surface area contributed by atoms with E-state index in [-0.39, 0.29) is 19.0 Å². The maximum absolute atomic E-state index is 11.3. The van der Waals surface area contributed by atoms with Crippen molar-refractivity contribution < 1.29 is 9.52 Å². The molecule has 16 heavy (non-hydrogen) atoms.